The minimum Gasteiger partial charge on any atom is -0.493 e. The summed E-state index contributed by atoms with van der Waals surface area (Å²) in [7, 11) is 1.61. The van der Waals surface area contributed by atoms with Gasteiger partial charge in [0.15, 0.2) is 11.5 Å². The molecule has 2 aliphatic heterocycles. The fraction of sp³-hybridized carbons (Fsp3) is 0.407. The maximum absolute atomic E-state index is 13.6. The second kappa shape index (κ2) is 8.38. The number of rotatable bonds is 5. The lowest BCUT2D eigenvalue weighted by Crippen LogP contribution is -2.64. The van der Waals surface area contributed by atoms with Crippen LogP contribution in [0, 0.1) is 0 Å². The Morgan fingerprint density at radius 2 is 1.79 bits per heavy atom. The van der Waals surface area contributed by atoms with Gasteiger partial charge in [-0.25, -0.2) is 0 Å². The van der Waals surface area contributed by atoms with Gasteiger partial charge in [0.25, 0.3) is 0 Å². The molecule has 178 valence electrons. The third-order valence-corrected chi connectivity index (χ3v) is 6.78. The van der Waals surface area contributed by atoms with Crippen LogP contribution >= 0.6 is 0 Å². The minimum atomic E-state index is -0.544. The first-order valence-corrected chi connectivity index (χ1v) is 11.9. The van der Waals surface area contributed by atoms with E-state index in [9.17, 15) is 9.59 Å². The van der Waals surface area contributed by atoms with E-state index >= 15 is 0 Å². The van der Waals surface area contributed by atoms with Crippen molar-refractivity contribution in [1.82, 2.24) is 14.8 Å². The van der Waals surface area contributed by atoms with Gasteiger partial charge in [0.05, 0.1) is 19.3 Å². The van der Waals surface area contributed by atoms with Crippen molar-refractivity contribution < 1.29 is 19.1 Å². The van der Waals surface area contributed by atoms with Gasteiger partial charge >= 0.3 is 0 Å². The van der Waals surface area contributed by atoms with Crippen LogP contribution in [0.5, 0.6) is 11.5 Å². The predicted octanol–water partition coefficient (Wildman–Crippen LogP) is 4.06. The number of benzene rings is 2. The molecule has 0 spiro atoms. The fourth-order valence-corrected chi connectivity index (χ4v) is 5.28. The van der Waals surface area contributed by atoms with Crippen LogP contribution in [0.4, 0.5) is 0 Å². The zero-order valence-corrected chi connectivity index (χ0v) is 20.3. The molecule has 2 atom stereocenters. The molecule has 1 saturated heterocycles. The molecular formula is C27H31N3O4. The molecule has 34 heavy (non-hydrogen) atoms. The zero-order chi connectivity index (χ0) is 24.1. The molecule has 5 rings (SSSR count). The first kappa shape index (κ1) is 22.3. The van der Waals surface area contributed by atoms with E-state index in [0.29, 0.717) is 17.9 Å². The number of aromatic nitrogens is 1. The Bertz CT molecular complexity index is 1260. The van der Waals surface area contributed by atoms with E-state index in [2.05, 4.69) is 11.1 Å². The molecule has 3 heterocycles. The van der Waals surface area contributed by atoms with Gasteiger partial charge in [0, 0.05) is 29.1 Å². The summed E-state index contributed by atoms with van der Waals surface area (Å²) in [5, 5.41) is 1.09. The van der Waals surface area contributed by atoms with Crippen LogP contribution in [-0.4, -0.2) is 58.4 Å². The Hall–Kier alpha value is -3.48. The number of amides is 2. The van der Waals surface area contributed by atoms with Gasteiger partial charge in [-0.3, -0.25) is 9.59 Å². The third-order valence-electron chi connectivity index (χ3n) is 6.78. The van der Waals surface area contributed by atoms with E-state index in [1.807, 2.05) is 64.1 Å². The van der Waals surface area contributed by atoms with E-state index in [0.717, 1.165) is 27.7 Å². The maximum Gasteiger partial charge on any atom is 0.246 e. The van der Waals surface area contributed by atoms with Crippen LogP contribution in [0.2, 0.25) is 0 Å². The summed E-state index contributed by atoms with van der Waals surface area (Å²) in [5.74, 6) is 1.21. The number of hydrogen-bond acceptors (Lipinski definition) is 4. The van der Waals surface area contributed by atoms with E-state index in [-0.39, 0.29) is 30.5 Å². The average molecular weight is 462 g/mol. The quantitative estimate of drug-likeness (QED) is 0.622. The van der Waals surface area contributed by atoms with Gasteiger partial charge in [0.1, 0.15) is 12.6 Å². The standard InChI is InChI=1S/C27H31N3O4/c1-15(2)29-14-24(31)30-21(27(29)32)13-19-18-8-6-7-9-20(18)28-25(19)26(30)17-10-11-22(34-16(3)4)23(12-17)33-5/h6-12,15-16,21,26,28H,13-14H2,1-5H3/t21-,26+/m0/s1. The van der Waals surface area contributed by atoms with Crippen LogP contribution in [0.15, 0.2) is 42.5 Å². The summed E-state index contributed by atoms with van der Waals surface area (Å²) in [5.41, 5.74) is 3.93. The van der Waals surface area contributed by atoms with Gasteiger partial charge in [0.2, 0.25) is 11.8 Å². The van der Waals surface area contributed by atoms with Crippen molar-refractivity contribution in [2.24, 2.45) is 0 Å². The SMILES string of the molecule is COc1cc([C@@H]2c3[nH]c4ccccc4c3C[C@H]3C(=O)N(C(C)C)CC(=O)N23)ccc1OC(C)C. The van der Waals surface area contributed by atoms with E-state index in [1.165, 1.54) is 0 Å². The van der Waals surface area contributed by atoms with Gasteiger partial charge in [-0.05, 0) is 57.0 Å². The number of carbonyl (C=O) groups excluding carboxylic acids is 2. The van der Waals surface area contributed by atoms with Gasteiger partial charge in [-0.1, -0.05) is 24.3 Å². The largest absolute Gasteiger partial charge is 0.493 e. The first-order chi connectivity index (χ1) is 16.3. The molecule has 1 aromatic heterocycles. The number of methoxy groups -OCH3 is 1. The second-order valence-corrected chi connectivity index (χ2v) is 9.62. The van der Waals surface area contributed by atoms with Crippen LogP contribution in [-0.2, 0) is 16.0 Å². The fourth-order valence-electron chi connectivity index (χ4n) is 5.28. The molecule has 2 aliphatic rings. The number of fused-ring (bicyclic) bond motifs is 4. The molecule has 2 aromatic carbocycles. The van der Waals surface area contributed by atoms with Crippen molar-refractivity contribution in [1.29, 1.82) is 0 Å². The number of piperazine rings is 1. The molecule has 0 radical (unpaired) electrons. The number of carbonyl (C=O) groups is 2. The predicted molar refractivity (Wildman–Crippen MR) is 130 cm³/mol. The number of para-hydroxylation sites is 1. The highest BCUT2D eigenvalue weighted by Gasteiger charge is 2.48. The molecule has 7 nitrogen and oxygen atoms in total. The summed E-state index contributed by atoms with van der Waals surface area (Å²) >= 11 is 0. The summed E-state index contributed by atoms with van der Waals surface area (Å²) in [4.78, 5) is 34.1. The Morgan fingerprint density at radius 3 is 2.50 bits per heavy atom. The lowest BCUT2D eigenvalue weighted by Gasteiger charge is -2.48. The van der Waals surface area contributed by atoms with Crippen molar-refractivity contribution in [2.75, 3.05) is 13.7 Å². The Labute approximate surface area is 199 Å². The molecule has 0 aliphatic carbocycles. The molecule has 7 heteroatoms. The number of aromatic amines is 1. The molecule has 1 N–H and O–H groups in total. The summed E-state index contributed by atoms with van der Waals surface area (Å²) < 4.78 is 11.6. The minimum absolute atomic E-state index is 0.00209. The topological polar surface area (TPSA) is 74.9 Å². The maximum atomic E-state index is 13.6. The van der Waals surface area contributed by atoms with Crippen molar-refractivity contribution >= 4 is 22.7 Å². The summed E-state index contributed by atoms with van der Waals surface area (Å²) in [6.45, 7) is 7.93. The molecule has 0 saturated carbocycles. The summed E-state index contributed by atoms with van der Waals surface area (Å²) in [6, 6.07) is 12.9. The number of nitrogens with one attached hydrogen (secondary N) is 1. The monoisotopic (exact) mass is 461 g/mol. The van der Waals surface area contributed by atoms with E-state index in [4.69, 9.17) is 9.47 Å². The highest BCUT2D eigenvalue weighted by atomic mass is 16.5. The normalized spacial score (nSPS) is 20.2. The molecule has 1 fully saturated rings. The van der Waals surface area contributed by atoms with Crippen molar-refractivity contribution in [2.45, 2.75) is 58.3 Å². The van der Waals surface area contributed by atoms with E-state index < -0.39 is 12.1 Å². The van der Waals surface area contributed by atoms with Crippen LogP contribution in [0.1, 0.15) is 50.6 Å². The van der Waals surface area contributed by atoms with Crippen molar-refractivity contribution in [3.63, 3.8) is 0 Å². The Kier molecular flexibility index (Phi) is 5.50. The van der Waals surface area contributed by atoms with Crippen LogP contribution < -0.4 is 9.47 Å². The number of nitrogens with zero attached hydrogens (tertiary/aromatic N) is 2. The highest BCUT2D eigenvalue weighted by Crippen LogP contribution is 2.44. The zero-order valence-electron chi connectivity index (χ0n) is 20.3. The van der Waals surface area contributed by atoms with Crippen molar-refractivity contribution in [3.05, 3.63) is 59.3 Å². The van der Waals surface area contributed by atoms with Gasteiger partial charge in [-0.2, -0.15) is 0 Å². The molecule has 0 bridgehead atoms. The Balaban J connectivity index is 1.69. The highest BCUT2D eigenvalue weighted by molar-refractivity contribution is 5.97. The first-order valence-electron chi connectivity index (χ1n) is 11.9. The smallest absolute Gasteiger partial charge is 0.246 e. The molecule has 2 amide bonds. The van der Waals surface area contributed by atoms with Crippen molar-refractivity contribution in [3.8, 4) is 11.5 Å². The van der Waals surface area contributed by atoms with Crippen LogP contribution in [0.3, 0.4) is 0 Å². The number of hydrogen-bond donors (Lipinski definition) is 1. The van der Waals surface area contributed by atoms with Gasteiger partial charge in [-0.15, -0.1) is 0 Å². The Morgan fingerprint density at radius 1 is 1.03 bits per heavy atom. The third kappa shape index (κ3) is 3.50. The second-order valence-electron chi connectivity index (χ2n) is 9.62. The van der Waals surface area contributed by atoms with Crippen LogP contribution in [0.25, 0.3) is 10.9 Å². The lowest BCUT2D eigenvalue weighted by atomic mass is 9.86. The average Bonchev–Trinajstić information content (AvgIpc) is 3.18. The number of H-pyrrole nitrogens is 1. The molecular weight excluding hydrogens is 430 g/mol. The number of ether oxygens (including phenoxy) is 2. The van der Waals surface area contributed by atoms with Gasteiger partial charge < -0.3 is 24.3 Å². The molecule has 3 aromatic rings. The molecule has 0 unspecified atom stereocenters. The summed E-state index contributed by atoms with van der Waals surface area (Å²) in [6.07, 6.45) is 0.498. The lowest BCUT2D eigenvalue weighted by molar-refractivity contribution is -0.160. The van der Waals surface area contributed by atoms with E-state index in [1.54, 1.807) is 16.9 Å².